The summed E-state index contributed by atoms with van der Waals surface area (Å²) < 4.78 is 0. The first-order valence-corrected chi connectivity index (χ1v) is 10.1. The third-order valence-corrected chi connectivity index (χ3v) is 5.20. The van der Waals surface area contributed by atoms with E-state index in [1.54, 1.807) is 42.5 Å². The van der Waals surface area contributed by atoms with E-state index in [2.05, 4.69) is 10.6 Å². The Labute approximate surface area is 188 Å². The van der Waals surface area contributed by atoms with Crippen molar-refractivity contribution >= 4 is 40.7 Å². The molecule has 0 aromatic heterocycles. The Morgan fingerprint density at radius 1 is 0.667 bits per heavy atom. The normalized spacial score (nSPS) is 11.9. The van der Waals surface area contributed by atoms with Crippen molar-refractivity contribution in [2.45, 2.75) is 12.8 Å². The minimum Gasteiger partial charge on any atom is -0.481 e. The first kappa shape index (κ1) is 21.6. The second kappa shape index (κ2) is 8.88. The molecule has 8 heteroatoms. The third kappa shape index (κ3) is 4.27. The van der Waals surface area contributed by atoms with Gasteiger partial charge in [-0.15, -0.1) is 0 Å². The third-order valence-electron chi connectivity index (χ3n) is 5.20. The minimum atomic E-state index is -1.12. The van der Waals surface area contributed by atoms with Crippen molar-refractivity contribution in [1.82, 2.24) is 0 Å². The lowest BCUT2D eigenvalue weighted by Crippen LogP contribution is -2.26. The van der Waals surface area contributed by atoms with Crippen molar-refractivity contribution in [3.63, 3.8) is 0 Å². The second-order valence-electron chi connectivity index (χ2n) is 7.38. The molecule has 1 aliphatic carbocycles. The van der Waals surface area contributed by atoms with Gasteiger partial charge in [-0.2, -0.15) is 0 Å². The van der Waals surface area contributed by atoms with E-state index in [-0.39, 0.29) is 46.5 Å². The molecule has 0 spiro atoms. The number of aliphatic carboxylic acids is 1. The monoisotopic (exact) mass is 442 g/mol. The molecule has 0 unspecified atom stereocenters. The minimum absolute atomic E-state index is 0.0326. The highest BCUT2D eigenvalue weighted by molar-refractivity contribution is 6.32. The Morgan fingerprint density at radius 3 is 1.76 bits per heavy atom. The molecule has 164 valence electrons. The van der Waals surface area contributed by atoms with E-state index in [4.69, 9.17) is 5.11 Å². The molecule has 33 heavy (non-hydrogen) atoms. The molecule has 1 aliphatic rings. The van der Waals surface area contributed by atoms with Crippen LogP contribution in [0.1, 0.15) is 55.0 Å². The van der Waals surface area contributed by atoms with Crippen molar-refractivity contribution in [1.29, 1.82) is 0 Å². The number of ketones is 2. The molecule has 2 amide bonds. The SMILES string of the molecule is O=C(O)CCC(=O)Nc1cccc2c1C(=O)c1cccc(NC(=O)c3ccccc3)c1C2=O. The van der Waals surface area contributed by atoms with E-state index in [0.29, 0.717) is 5.56 Å². The van der Waals surface area contributed by atoms with Gasteiger partial charge in [0.15, 0.2) is 11.6 Å². The van der Waals surface area contributed by atoms with Crippen LogP contribution >= 0.6 is 0 Å². The molecule has 3 aromatic rings. The van der Waals surface area contributed by atoms with Gasteiger partial charge in [0, 0.05) is 23.1 Å². The van der Waals surface area contributed by atoms with E-state index >= 15 is 0 Å². The van der Waals surface area contributed by atoms with Crippen molar-refractivity contribution in [2.24, 2.45) is 0 Å². The number of carbonyl (C=O) groups excluding carboxylic acids is 4. The van der Waals surface area contributed by atoms with Gasteiger partial charge in [-0.3, -0.25) is 24.0 Å². The zero-order valence-corrected chi connectivity index (χ0v) is 17.3. The Balaban J connectivity index is 1.69. The Hall–Kier alpha value is -4.59. The van der Waals surface area contributed by atoms with Crippen molar-refractivity contribution in [2.75, 3.05) is 10.6 Å². The molecular weight excluding hydrogens is 424 g/mol. The molecule has 4 rings (SSSR count). The first-order chi connectivity index (χ1) is 15.9. The summed E-state index contributed by atoms with van der Waals surface area (Å²) in [5, 5.41) is 14.0. The molecule has 3 N–H and O–H groups in total. The van der Waals surface area contributed by atoms with Crippen molar-refractivity contribution in [3.8, 4) is 0 Å². The van der Waals surface area contributed by atoms with Crippen LogP contribution in [0, 0.1) is 0 Å². The molecule has 0 saturated heterocycles. The number of rotatable bonds is 6. The average molecular weight is 442 g/mol. The van der Waals surface area contributed by atoms with Crippen LogP contribution in [0.2, 0.25) is 0 Å². The maximum Gasteiger partial charge on any atom is 0.303 e. The summed E-state index contributed by atoms with van der Waals surface area (Å²) in [5.74, 6) is -3.07. The van der Waals surface area contributed by atoms with Gasteiger partial charge in [0.1, 0.15) is 0 Å². The topological polar surface area (TPSA) is 130 Å². The van der Waals surface area contributed by atoms with Crippen LogP contribution < -0.4 is 10.6 Å². The Morgan fingerprint density at radius 2 is 1.21 bits per heavy atom. The molecule has 0 heterocycles. The van der Waals surface area contributed by atoms with Gasteiger partial charge in [-0.1, -0.05) is 42.5 Å². The lowest BCUT2D eigenvalue weighted by molar-refractivity contribution is -0.138. The molecule has 0 atom stereocenters. The Kier molecular flexibility index (Phi) is 5.82. The predicted octanol–water partition coefficient (Wildman–Crippen LogP) is 3.52. The number of hydrogen-bond donors (Lipinski definition) is 3. The summed E-state index contributed by atoms with van der Waals surface area (Å²) in [6.07, 6.45) is -0.631. The number of hydrogen-bond acceptors (Lipinski definition) is 5. The lowest BCUT2D eigenvalue weighted by Gasteiger charge is -2.22. The Bertz CT molecular complexity index is 1310. The van der Waals surface area contributed by atoms with Gasteiger partial charge in [-0.25, -0.2) is 0 Å². The van der Waals surface area contributed by atoms with E-state index in [9.17, 15) is 24.0 Å². The van der Waals surface area contributed by atoms with Crippen LogP contribution in [0.25, 0.3) is 0 Å². The molecule has 0 radical (unpaired) electrons. The van der Waals surface area contributed by atoms with Gasteiger partial charge in [0.05, 0.1) is 28.9 Å². The average Bonchev–Trinajstić information content (AvgIpc) is 2.81. The summed E-state index contributed by atoms with van der Waals surface area (Å²) in [4.78, 5) is 62.1. The summed E-state index contributed by atoms with van der Waals surface area (Å²) in [6.45, 7) is 0. The zero-order valence-electron chi connectivity index (χ0n) is 17.3. The highest BCUT2D eigenvalue weighted by Gasteiger charge is 2.34. The molecule has 0 bridgehead atoms. The summed E-state index contributed by atoms with van der Waals surface area (Å²) >= 11 is 0. The molecule has 3 aromatic carbocycles. The standard InChI is InChI=1S/C25H18N2O6/c28-19(12-13-20(29)30)26-17-10-4-8-15-21(17)23(31)16-9-5-11-18(22(16)24(15)32)27-25(33)14-6-2-1-3-7-14/h1-11H,12-13H2,(H,26,28)(H,27,33)(H,29,30). The van der Waals surface area contributed by atoms with Gasteiger partial charge in [0.25, 0.3) is 5.91 Å². The summed E-state index contributed by atoms with van der Waals surface area (Å²) in [5.41, 5.74) is 1.04. The van der Waals surface area contributed by atoms with Crippen LogP contribution in [0.4, 0.5) is 11.4 Å². The summed E-state index contributed by atoms with van der Waals surface area (Å²) in [7, 11) is 0. The number of fused-ring (bicyclic) bond motifs is 2. The molecule has 0 fully saturated rings. The fraction of sp³-hybridized carbons (Fsp3) is 0.0800. The van der Waals surface area contributed by atoms with E-state index in [1.807, 2.05) is 0 Å². The first-order valence-electron chi connectivity index (χ1n) is 10.1. The van der Waals surface area contributed by atoms with Gasteiger partial charge in [-0.05, 0) is 24.3 Å². The number of benzene rings is 3. The molecule has 8 nitrogen and oxygen atoms in total. The number of carbonyl (C=O) groups is 5. The number of anilines is 2. The zero-order chi connectivity index (χ0) is 23.5. The molecule has 0 aliphatic heterocycles. The molecular formula is C25H18N2O6. The maximum atomic E-state index is 13.4. The fourth-order valence-corrected chi connectivity index (χ4v) is 3.67. The smallest absolute Gasteiger partial charge is 0.303 e. The highest BCUT2D eigenvalue weighted by atomic mass is 16.4. The van der Waals surface area contributed by atoms with Crippen LogP contribution in [-0.4, -0.2) is 34.5 Å². The number of carboxylic acid groups (broad SMARTS) is 1. The van der Waals surface area contributed by atoms with Crippen LogP contribution in [-0.2, 0) is 9.59 Å². The quantitative estimate of drug-likeness (QED) is 0.419. The van der Waals surface area contributed by atoms with Crippen LogP contribution in [0.3, 0.4) is 0 Å². The number of amides is 2. The maximum absolute atomic E-state index is 13.4. The largest absolute Gasteiger partial charge is 0.481 e. The number of carboxylic acids is 1. The van der Waals surface area contributed by atoms with Crippen molar-refractivity contribution in [3.05, 3.63) is 94.5 Å². The van der Waals surface area contributed by atoms with Gasteiger partial charge >= 0.3 is 5.97 Å². The number of nitrogens with one attached hydrogen (secondary N) is 2. The fourth-order valence-electron chi connectivity index (χ4n) is 3.67. The van der Waals surface area contributed by atoms with Crippen molar-refractivity contribution < 1.29 is 29.1 Å². The van der Waals surface area contributed by atoms with Gasteiger partial charge < -0.3 is 15.7 Å². The van der Waals surface area contributed by atoms with Crippen LogP contribution in [0.15, 0.2) is 66.7 Å². The second-order valence-corrected chi connectivity index (χ2v) is 7.38. The molecule has 0 saturated carbocycles. The van der Waals surface area contributed by atoms with E-state index in [0.717, 1.165) is 0 Å². The summed E-state index contributed by atoms with van der Waals surface area (Å²) in [6, 6.07) is 17.5. The van der Waals surface area contributed by atoms with E-state index in [1.165, 1.54) is 24.3 Å². The lowest BCUT2D eigenvalue weighted by atomic mass is 9.82. The predicted molar refractivity (Wildman–Crippen MR) is 120 cm³/mol. The van der Waals surface area contributed by atoms with Gasteiger partial charge in [0.2, 0.25) is 5.91 Å². The van der Waals surface area contributed by atoms with Crippen LogP contribution in [0.5, 0.6) is 0 Å². The highest BCUT2D eigenvalue weighted by Crippen LogP contribution is 2.35. The van der Waals surface area contributed by atoms with E-state index < -0.39 is 29.4 Å².